The van der Waals surface area contributed by atoms with Crippen LogP contribution in [0.4, 0.5) is 10.7 Å². The van der Waals surface area contributed by atoms with Gasteiger partial charge in [0.1, 0.15) is 6.04 Å². The van der Waals surface area contributed by atoms with Crippen molar-refractivity contribution >= 4 is 17.9 Å². The van der Waals surface area contributed by atoms with Gasteiger partial charge in [0.15, 0.2) is 0 Å². The zero-order valence-electron chi connectivity index (χ0n) is 9.35. The van der Waals surface area contributed by atoms with Crippen LogP contribution in [0.3, 0.4) is 0 Å². The number of hydrogen-bond donors (Lipinski definition) is 3. The Morgan fingerprint density at radius 3 is 2.67 bits per heavy atom. The lowest BCUT2D eigenvalue weighted by molar-refractivity contribution is -0.141. The normalized spacial score (nSPS) is 22.8. The van der Waals surface area contributed by atoms with Gasteiger partial charge in [0, 0.05) is 25.4 Å². The second-order valence-electron chi connectivity index (χ2n) is 3.90. The smallest absolute Gasteiger partial charge is 0.326 e. The summed E-state index contributed by atoms with van der Waals surface area (Å²) in [6.07, 6.45) is 2.11. The van der Waals surface area contributed by atoms with Gasteiger partial charge in [-0.15, -0.1) is 0 Å². The van der Waals surface area contributed by atoms with Crippen molar-refractivity contribution in [3.8, 4) is 0 Å². The summed E-state index contributed by atoms with van der Waals surface area (Å²) < 4.78 is 0. The number of anilines is 1. The molecule has 1 saturated heterocycles. The highest BCUT2D eigenvalue weighted by atomic mass is 16.4. The van der Waals surface area contributed by atoms with Crippen molar-refractivity contribution in [2.24, 2.45) is 0 Å². The molecule has 0 bridgehead atoms. The Balaban J connectivity index is 2.06. The fraction of sp³-hybridized carbons (Fsp3) is 0.400. The first kappa shape index (κ1) is 12.2. The monoisotopic (exact) mass is 252 g/mol. The maximum absolute atomic E-state index is 11.8. The summed E-state index contributed by atoms with van der Waals surface area (Å²) in [4.78, 5) is 31.4. The third kappa shape index (κ3) is 2.54. The van der Waals surface area contributed by atoms with Gasteiger partial charge in [0.05, 0.1) is 6.10 Å². The Kier molecular flexibility index (Phi) is 3.38. The first-order valence-electron chi connectivity index (χ1n) is 5.33. The van der Waals surface area contributed by atoms with E-state index in [1.165, 1.54) is 12.4 Å². The molecule has 8 nitrogen and oxygen atoms in total. The second-order valence-corrected chi connectivity index (χ2v) is 3.90. The minimum Gasteiger partial charge on any atom is -0.480 e. The number of carbonyl (C=O) groups excluding carboxylic acids is 1. The average Bonchev–Trinajstić information content (AvgIpc) is 2.73. The van der Waals surface area contributed by atoms with E-state index in [9.17, 15) is 14.7 Å². The van der Waals surface area contributed by atoms with Crippen molar-refractivity contribution in [2.45, 2.75) is 18.6 Å². The number of likely N-dealkylation sites (tertiary alicyclic amines) is 1. The minimum absolute atomic E-state index is 0.0182. The number of aliphatic carboxylic acids is 1. The molecule has 0 saturated carbocycles. The van der Waals surface area contributed by atoms with E-state index in [1.54, 1.807) is 6.07 Å². The number of aromatic nitrogens is 2. The number of carboxylic acid groups (broad SMARTS) is 1. The van der Waals surface area contributed by atoms with Crippen LogP contribution in [0.5, 0.6) is 0 Å². The molecule has 0 unspecified atom stereocenters. The number of rotatable bonds is 2. The van der Waals surface area contributed by atoms with Gasteiger partial charge in [-0.05, 0) is 6.07 Å². The van der Waals surface area contributed by atoms with Gasteiger partial charge in [-0.2, -0.15) is 0 Å². The van der Waals surface area contributed by atoms with E-state index in [1.807, 2.05) is 0 Å². The maximum Gasteiger partial charge on any atom is 0.326 e. The van der Waals surface area contributed by atoms with Crippen LogP contribution in [-0.2, 0) is 4.79 Å². The van der Waals surface area contributed by atoms with E-state index in [0.717, 1.165) is 4.90 Å². The summed E-state index contributed by atoms with van der Waals surface area (Å²) in [7, 11) is 0. The summed E-state index contributed by atoms with van der Waals surface area (Å²) >= 11 is 0. The van der Waals surface area contributed by atoms with Crippen molar-refractivity contribution in [1.29, 1.82) is 0 Å². The first-order valence-corrected chi connectivity index (χ1v) is 5.33. The second kappa shape index (κ2) is 4.96. The molecule has 8 heteroatoms. The highest BCUT2D eigenvalue weighted by molar-refractivity contribution is 5.91. The average molecular weight is 252 g/mol. The largest absolute Gasteiger partial charge is 0.480 e. The zero-order chi connectivity index (χ0) is 13.1. The Labute approximate surface area is 102 Å². The molecule has 2 rings (SSSR count). The summed E-state index contributed by atoms with van der Waals surface area (Å²) in [6, 6.07) is -0.0659. The summed E-state index contributed by atoms with van der Waals surface area (Å²) in [5.41, 5.74) is 0. The number of β-amino-alcohol motifs (C(OH)–C–C–N with tert-alkyl or cyclic N) is 1. The van der Waals surface area contributed by atoms with Crippen LogP contribution in [-0.4, -0.2) is 55.8 Å². The molecule has 2 atom stereocenters. The molecule has 0 aromatic carbocycles. The van der Waals surface area contributed by atoms with Crippen LogP contribution >= 0.6 is 0 Å². The molecule has 96 valence electrons. The molecule has 0 radical (unpaired) electrons. The van der Waals surface area contributed by atoms with E-state index in [0.29, 0.717) is 0 Å². The number of hydrogen-bond acceptors (Lipinski definition) is 5. The fourth-order valence-corrected chi connectivity index (χ4v) is 1.80. The SMILES string of the molecule is O=C(O)[C@@H]1C[C@@H](O)CN1C(=O)Nc1ncccn1. The number of carboxylic acids is 1. The molecule has 3 N–H and O–H groups in total. The number of nitrogens with one attached hydrogen (secondary N) is 1. The van der Waals surface area contributed by atoms with E-state index in [-0.39, 0.29) is 18.9 Å². The van der Waals surface area contributed by atoms with E-state index < -0.39 is 24.1 Å². The fourth-order valence-electron chi connectivity index (χ4n) is 1.80. The van der Waals surface area contributed by atoms with E-state index >= 15 is 0 Å². The molecule has 1 aromatic rings. The third-order valence-electron chi connectivity index (χ3n) is 2.61. The molecule has 1 aliphatic heterocycles. The highest BCUT2D eigenvalue weighted by Crippen LogP contribution is 2.18. The Bertz CT molecular complexity index is 452. The van der Waals surface area contributed by atoms with Gasteiger partial charge < -0.3 is 15.1 Å². The summed E-state index contributed by atoms with van der Waals surface area (Å²) in [6.45, 7) is -0.0182. The van der Waals surface area contributed by atoms with Crippen LogP contribution in [0.2, 0.25) is 0 Å². The zero-order valence-corrected chi connectivity index (χ0v) is 9.35. The lowest BCUT2D eigenvalue weighted by Gasteiger charge is -2.20. The van der Waals surface area contributed by atoms with E-state index in [4.69, 9.17) is 5.11 Å². The van der Waals surface area contributed by atoms with Crippen molar-refractivity contribution in [2.75, 3.05) is 11.9 Å². The van der Waals surface area contributed by atoms with Crippen molar-refractivity contribution in [1.82, 2.24) is 14.9 Å². The predicted molar refractivity (Wildman–Crippen MR) is 59.8 cm³/mol. The Morgan fingerprint density at radius 1 is 1.39 bits per heavy atom. The van der Waals surface area contributed by atoms with Gasteiger partial charge in [-0.3, -0.25) is 5.32 Å². The van der Waals surface area contributed by atoms with Gasteiger partial charge in [-0.25, -0.2) is 19.6 Å². The van der Waals surface area contributed by atoms with Crippen LogP contribution < -0.4 is 5.32 Å². The molecule has 1 aliphatic rings. The molecule has 0 aliphatic carbocycles. The lowest BCUT2D eigenvalue weighted by atomic mass is 10.2. The van der Waals surface area contributed by atoms with Crippen molar-refractivity contribution in [3.05, 3.63) is 18.5 Å². The summed E-state index contributed by atoms with van der Waals surface area (Å²) in [5.74, 6) is -1.05. The maximum atomic E-state index is 11.8. The Morgan fingerprint density at radius 2 is 2.06 bits per heavy atom. The number of carbonyl (C=O) groups is 2. The van der Waals surface area contributed by atoms with Gasteiger partial charge in [-0.1, -0.05) is 0 Å². The molecule has 18 heavy (non-hydrogen) atoms. The molecular weight excluding hydrogens is 240 g/mol. The third-order valence-corrected chi connectivity index (χ3v) is 2.61. The molecular formula is C10H12N4O4. The first-order chi connectivity index (χ1) is 8.58. The number of urea groups is 1. The van der Waals surface area contributed by atoms with Crippen LogP contribution in [0, 0.1) is 0 Å². The van der Waals surface area contributed by atoms with Gasteiger partial charge in [0.25, 0.3) is 0 Å². The number of amides is 2. The molecule has 1 fully saturated rings. The van der Waals surface area contributed by atoms with Crippen LogP contribution in [0.1, 0.15) is 6.42 Å². The van der Waals surface area contributed by atoms with Gasteiger partial charge >= 0.3 is 12.0 Å². The lowest BCUT2D eigenvalue weighted by Crippen LogP contribution is -2.43. The van der Waals surface area contributed by atoms with Crippen LogP contribution in [0.15, 0.2) is 18.5 Å². The molecule has 2 heterocycles. The Hall–Kier alpha value is -2.22. The standard InChI is InChI=1S/C10H12N4O4/c15-6-4-7(8(16)17)14(5-6)10(18)13-9-11-2-1-3-12-9/h1-3,6-7,15H,4-5H2,(H,16,17)(H,11,12,13,18)/t6-,7+/m1/s1. The quantitative estimate of drug-likeness (QED) is 0.655. The van der Waals surface area contributed by atoms with Gasteiger partial charge in [0.2, 0.25) is 5.95 Å². The molecule has 2 amide bonds. The highest BCUT2D eigenvalue weighted by Gasteiger charge is 2.39. The molecule has 1 aromatic heterocycles. The number of nitrogens with zero attached hydrogens (tertiary/aromatic N) is 3. The van der Waals surface area contributed by atoms with Crippen molar-refractivity contribution < 1.29 is 19.8 Å². The molecule has 0 spiro atoms. The number of aliphatic hydroxyl groups is 1. The minimum atomic E-state index is -1.14. The summed E-state index contributed by atoms with van der Waals surface area (Å²) in [5, 5.41) is 20.7. The van der Waals surface area contributed by atoms with Crippen LogP contribution in [0.25, 0.3) is 0 Å². The van der Waals surface area contributed by atoms with Crippen molar-refractivity contribution in [3.63, 3.8) is 0 Å². The predicted octanol–water partition coefficient (Wildman–Crippen LogP) is -0.472. The van der Waals surface area contributed by atoms with E-state index in [2.05, 4.69) is 15.3 Å². The number of aliphatic hydroxyl groups excluding tert-OH is 1. The topological polar surface area (TPSA) is 116 Å².